The molecule has 0 saturated heterocycles. The summed E-state index contributed by atoms with van der Waals surface area (Å²) >= 11 is 0. The van der Waals surface area contributed by atoms with Crippen LogP contribution < -0.4 is 5.73 Å². The third-order valence-corrected chi connectivity index (χ3v) is 1.47. The number of hydrogen-bond acceptors (Lipinski definition) is 1. The van der Waals surface area contributed by atoms with Gasteiger partial charge in [0, 0.05) is 5.56 Å². The van der Waals surface area contributed by atoms with E-state index in [2.05, 4.69) is 0 Å². The Morgan fingerprint density at radius 2 is 2.09 bits per heavy atom. The Bertz CT molecular complexity index is 294. The minimum Gasteiger partial charge on any atom is -0.366 e. The van der Waals surface area contributed by atoms with Crippen molar-refractivity contribution in [2.24, 2.45) is 5.73 Å². The Kier molecular flexibility index (Phi) is 1.81. The second-order valence-electron chi connectivity index (χ2n) is 2.34. The molecule has 0 aromatic heterocycles. The van der Waals surface area contributed by atoms with Gasteiger partial charge in [0.25, 0.3) is 0 Å². The van der Waals surface area contributed by atoms with Crippen LogP contribution in [0.3, 0.4) is 0 Å². The first-order valence-corrected chi connectivity index (χ1v) is 3.18. The zero-order valence-electron chi connectivity index (χ0n) is 6.13. The molecule has 0 heterocycles. The van der Waals surface area contributed by atoms with Gasteiger partial charge in [-0.15, -0.1) is 0 Å². The van der Waals surface area contributed by atoms with Gasteiger partial charge in [0.15, 0.2) is 5.75 Å². The average Bonchev–Trinajstić information content (AvgIpc) is 1.94. The molecule has 0 aliphatic heterocycles. The average molecular weight is 150 g/mol. The number of primary amides is 1. The Labute approximate surface area is 64.5 Å². The molecule has 0 saturated carbocycles. The van der Waals surface area contributed by atoms with E-state index >= 15 is 0 Å². The van der Waals surface area contributed by atoms with E-state index in [0.29, 0.717) is 5.56 Å². The van der Waals surface area contributed by atoms with Gasteiger partial charge in [-0.05, 0) is 24.6 Å². The van der Waals surface area contributed by atoms with E-state index in [-0.39, 0.29) is 11.3 Å². The summed E-state index contributed by atoms with van der Waals surface area (Å²) in [5.41, 5.74) is 5.84. The normalized spacial score (nSPS) is 9.55. The Morgan fingerprint density at radius 3 is 2.55 bits per heavy atom. The SMILES string of the molecule is Cc1ccc(C(N)=O)cc1[O]. The second-order valence-corrected chi connectivity index (χ2v) is 2.34. The summed E-state index contributed by atoms with van der Waals surface area (Å²) in [6, 6.07) is 4.37. The summed E-state index contributed by atoms with van der Waals surface area (Å²) in [5.74, 6) is -0.719. The summed E-state index contributed by atoms with van der Waals surface area (Å²) < 4.78 is 0. The Balaban J connectivity index is 3.15. The Morgan fingerprint density at radius 1 is 1.45 bits per heavy atom. The number of rotatable bonds is 1. The number of benzene rings is 1. The number of carbonyl (C=O) groups is 1. The van der Waals surface area contributed by atoms with Crippen molar-refractivity contribution in [3.8, 4) is 5.75 Å². The highest BCUT2D eigenvalue weighted by atomic mass is 16.3. The second kappa shape index (κ2) is 2.62. The smallest absolute Gasteiger partial charge is 0.248 e. The summed E-state index contributed by atoms with van der Waals surface area (Å²) in [4.78, 5) is 10.5. The lowest BCUT2D eigenvalue weighted by Crippen LogP contribution is -2.10. The van der Waals surface area contributed by atoms with Crippen LogP contribution in [0.1, 0.15) is 15.9 Å². The maximum atomic E-state index is 10.9. The maximum Gasteiger partial charge on any atom is 0.248 e. The van der Waals surface area contributed by atoms with Gasteiger partial charge in [0.1, 0.15) is 0 Å². The largest absolute Gasteiger partial charge is 0.366 e. The number of nitrogens with two attached hydrogens (primary N) is 1. The number of carbonyl (C=O) groups excluding carboxylic acids is 1. The van der Waals surface area contributed by atoms with Gasteiger partial charge in [-0.25, -0.2) is 0 Å². The highest BCUT2D eigenvalue weighted by Gasteiger charge is 2.03. The number of amides is 1. The predicted molar refractivity (Wildman–Crippen MR) is 39.8 cm³/mol. The molecular formula is C8H8NO2. The molecular weight excluding hydrogens is 142 g/mol. The molecule has 1 radical (unpaired) electrons. The predicted octanol–water partition coefficient (Wildman–Crippen LogP) is 1.24. The van der Waals surface area contributed by atoms with Gasteiger partial charge in [-0.2, -0.15) is 0 Å². The molecule has 0 spiro atoms. The third-order valence-electron chi connectivity index (χ3n) is 1.47. The standard InChI is InChI=1S/C8H8NO2/c1-5-2-3-6(8(9)11)4-7(5)10/h2-4H,1H3,(H2,9,11). The maximum absolute atomic E-state index is 10.9. The van der Waals surface area contributed by atoms with E-state index in [0.717, 1.165) is 0 Å². The van der Waals surface area contributed by atoms with Crippen LogP contribution in [0.4, 0.5) is 0 Å². The molecule has 2 N–H and O–H groups in total. The summed E-state index contributed by atoms with van der Waals surface area (Å²) in [6.45, 7) is 1.69. The van der Waals surface area contributed by atoms with Crippen molar-refractivity contribution in [3.05, 3.63) is 29.3 Å². The van der Waals surface area contributed by atoms with Crippen LogP contribution in [0.2, 0.25) is 0 Å². The minimum absolute atomic E-state index is 0.152. The zero-order valence-corrected chi connectivity index (χ0v) is 6.13. The number of hydrogen-bond donors (Lipinski definition) is 1. The first-order chi connectivity index (χ1) is 5.11. The third kappa shape index (κ3) is 1.49. The van der Waals surface area contributed by atoms with Crippen LogP contribution in [-0.4, -0.2) is 5.91 Å². The fourth-order valence-corrected chi connectivity index (χ4v) is 0.753. The molecule has 1 amide bonds. The van der Waals surface area contributed by atoms with Crippen LogP contribution in [0.15, 0.2) is 18.2 Å². The zero-order chi connectivity index (χ0) is 8.43. The van der Waals surface area contributed by atoms with Gasteiger partial charge in [-0.1, -0.05) is 6.07 Å². The molecule has 0 atom stereocenters. The van der Waals surface area contributed by atoms with Gasteiger partial charge in [0.2, 0.25) is 5.91 Å². The molecule has 1 rings (SSSR count). The highest BCUT2D eigenvalue weighted by Crippen LogP contribution is 2.17. The molecule has 0 aliphatic carbocycles. The van der Waals surface area contributed by atoms with E-state index in [4.69, 9.17) is 5.73 Å². The van der Waals surface area contributed by atoms with Crippen molar-refractivity contribution in [1.82, 2.24) is 0 Å². The molecule has 57 valence electrons. The first-order valence-electron chi connectivity index (χ1n) is 3.18. The Hall–Kier alpha value is -1.51. The van der Waals surface area contributed by atoms with E-state index in [9.17, 15) is 9.90 Å². The van der Waals surface area contributed by atoms with Crippen molar-refractivity contribution in [2.45, 2.75) is 6.92 Å². The molecule has 3 heteroatoms. The van der Waals surface area contributed by atoms with E-state index in [1.54, 1.807) is 19.1 Å². The quantitative estimate of drug-likeness (QED) is 0.643. The van der Waals surface area contributed by atoms with Crippen molar-refractivity contribution in [2.75, 3.05) is 0 Å². The molecule has 0 fully saturated rings. The fourth-order valence-electron chi connectivity index (χ4n) is 0.753. The molecule has 1 aromatic rings. The lowest BCUT2D eigenvalue weighted by Gasteiger charge is -1.96. The van der Waals surface area contributed by atoms with Crippen LogP contribution in [-0.2, 0) is 5.11 Å². The van der Waals surface area contributed by atoms with Crippen LogP contribution >= 0.6 is 0 Å². The molecule has 0 unspecified atom stereocenters. The van der Waals surface area contributed by atoms with Crippen molar-refractivity contribution in [1.29, 1.82) is 0 Å². The molecule has 11 heavy (non-hydrogen) atoms. The van der Waals surface area contributed by atoms with E-state index < -0.39 is 5.91 Å². The summed E-state index contributed by atoms with van der Waals surface area (Å²) in [5, 5.41) is 10.9. The van der Waals surface area contributed by atoms with Crippen LogP contribution in [0.25, 0.3) is 0 Å². The van der Waals surface area contributed by atoms with Gasteiger partial charge >= 0.3 is 0 Å². The molecule has 0 bridgehead atoms. The number of aryl methyl sites for hydroxylation is 1. The topological polar surface area (TPSA) is 63.0 Å². The van der Waals surface area contributed by atoms with E-state index in [1.165, 1.54) is 6.07 Å². The molecule has 1 aromatic carbocycles. The van der Waals surface area contributed by atoms with Gasteiger partial charge < -0.3 is 5.73 Å². The van der Waals surface area contributed by atoms with Crippen LogP contribution in [0, 0.1) is 6.92 Å². The highest BCUT2D eigenvalue weighted by molar-refractivity contribution is 5.93. The lowest BCUT2D eigenvalue weighted by molar-refractivity contribution is 0.0999. The lowest BCUT2D eigenvalue weighted by atomic mass is 10.1. The van der Waals surface area contributed by atoms with Crippen LogP contribution in [0.5, 0.6) is 5.75 Å². The molecule has 0 aliphatic rings. The summed E-state index contributed by atoms with van der Waals surface area (Å²) in [7, 11) is 0. The van der Waals surface area contributed by atoms with Crippen molar-refractivity contribution < 1.29 is 9.90 Å². The fraction of sp³-hybridized carbons (Fsp3) is 0.125. The van der Waals surface area contributed by atoms with E-state index in [1.807, 2.05) is 0 Å². The van der Waals surface area contributed by atoms with Gasteiger partial charge in [0.05, 0.1) is 0 Å². The first kappa shape index (κ1) is 7.60. The van der Waals surface area contributed by atoms with Crippen molar-refractivity contribution in [3.63, 3.8) is 0 Å². The minimum atomic E-state index is -0.568. The summed E-state index contributed by atoms with van der Waals surface area (Å²) in [6.07, 6.45) is 0. The monoisotopic (exact) mass is 150 g/mol. The molecule has 3 nitrogen and oxygen atoms in total. The van der Waals surface area contributed by atoms with Gasteiger partial charge in [-0.3, -0.25) is 9.90 Å². The van der Waals surface area contributed by atoms with Crippen molar-refractivity contribution >= 4 is 5.91 Å².